The number of carbonyl (C=O) groups is 3. The van der Waals surface area contributed by atoms with E-state index in [-0.39, 0.29) is 43.1 Å². The van der Waals surface area contributed by atoms with Crippen molar-refractivity contribution in [2.45, 2.75) is 161 Å². The maximum atomic E-state index is 12.7. The van der Waals surface area contributed by atoms with Crippen molar-refractivity contribution in [3.8, 4) is 0 Å². The number of hydrogen-bond acceptors (Lipinski definition) is 7. The molecule has 0 aliphatic heterocycles. The monoisotopic (exact) mass is 782 g/mol. The summed E-state index contributed by atoms with van der Waals surface area (Å²) >= 11 is 0. The Morgan fingerprint density at radius 3 is 1.55 bits per heavy atom. The van der Waals surface area contributed by atoms with Gasteiger partial charge in [-0.3, -0.25) is 9.59 Å². The summed E-state index contributed by atoms with van der Waals surface area (Å²) in [5.41, 5.74) is 0. The third-order valence-electron chi connectivity index (χ3n) is 9.03. The zero-order valence-electron chi connectivity index (χ0n) is 36.0. The van der Waals surface area contributed by atoms with Crippen molar-refractivity contribution in [2.75, 3.05) is 41.0 Å². The van der Waals surface area contributed by atoms with Crippen molar-refractivity contribution >= 4 is 17.9 Å². The van der Waals surface area contributed by atoms with Crippen LogP contribution in [0.4, 0.5) is 0 Å². The van der Waals surface area contributed by atoms with Crippen LogP contribution in [0.1, 0.15) is 149 Å². The molecule has 0 spiro atoms. The summed E-state index contributed by atoms with van der Waals surface area (Å²) in [7, 11) is 5.36. The highest BCUT2D eigenvalue weighted by molar-refractivity contribution is 5.70. The third-order valence-corrected chi connectivity index (χ3v) is 9.03. The van der Waals surface area contributed by atoms with E-state index < -0.39 is 24.1 Å². The number of carboxylic acid groups (broad SMARTS) is 1. The molecule has 56 heavy (non-hydrogen) atoms. The van der Waals surface area contributed by atoms with E-state index in [1.54, 1.807) is 21.1 Å². The highest BCUT2D eigenvalue weighted by atomic mass is 16.6. The summed E-state index contributed by atoms with van der Waals surface area (Å²) in [4.78, 5) is 36.8. The molecule has 0 aliphatic rings. The molecule has 0 bridgehead atoms. The van der Waals surface area contributed by atoms with Crippen molar-refractivity contribution in [2.24, 2.45) is 0 Å². The van der Waals surface area contributed by atoms with E-state index in [9.17, 15) is 19.5 Å². The Balaban J connectivity index is 4.49. The minimum absolute atomic E-state index is 0.00240. The lowest BCUT2D eigenvalue weighted by Crippen LogP contribution is -2.55. The Bertz CT molecular complexity index is 1190. The zero-order chi connectivity index (χ0) is 41.4. The molecule has 0 aromatic heterocycles. The molecular weight excluding hydrogens is 703 g/mol. The number of nitrogens with zero attached hydrogens (tertiary/aromatic N) is 1. The highest BCUT2D eigenvalue weighted by Crippen LogP contribution is 2.11. The third kappa shape index (κ3) is 36.2. The van der Waals surface area contributed by atoms with E-state index in [4.69, 9.17) is 14.2 Å². The fourth-order valence-corrected chi connectivity index (χ4v) is 5.68. The van der Waals surface area contributed by atoms with Gasteiger partial charge in [-0.05, 0) is 77.0 Å². The second kappa shape index (κ2) is 38.4. The topological polar surface area (TPSA) is 102 Å². The minimum atomic E-state index is -1.14. The van der Waals surface area contributed by atoms with Crippen LogP contribution in [0.3, 0.4) is 0 Å². The second-order valence-electron chi connectivity index (χ2n) is 15.2. The van der Waals surface area contributed by atoms with Gasteiger partial charge in [0.1, 0.15) is 12.6 Å². The van der Waals surface area contributed by atoms with Crippen LogP contribution in [0.2, 0.25) is 0 Å². The predicted octanol–water partition coefficient (Wildman–Crippen LogP) is 10.4. The van der Waals surface area contributed by atoms with Crippen molar-refractivity contribution in [1.82, 2.24) is 0 Å². The number of unbranched alkanes of at least 4 members (excludes halogenated alkanes) is 9. The van der Waals surface area contributed by atoms with Gasteiger partial charge in [0.05, 0.1) is 40.3 Å². The van der Waals surface area contributed by atoms with Gasteiger partial charge in [-0.25, -0.2) is 0 Å². The van der Waals surface area contributed by atoms with Crippen LogP contribution in [-0.4, -0.2) is 75.5 Å². The molecule has 0 saturated heterocycles. The van der Waals surface area contributed by atoms with Gasteiger partial charge < -0.3 is 28.6 Å². The number of carboxylic acids is 1. The molecule has 2 atom stereocenters. The van der Waals surface area contributed by atoms with Crippen molar-refractivity contribution in [3.05, 3.63) is 85.1 Å². The van der Waals surface area contributed by atoms with Gasteiger partial charge in [-0.15, -0.1) is 0 Å². The van der Waals surface area contributed by atoms with Crippen molar-refractivity contribution in [3.63, 3.8) is 0 Å². The maximum absolute atomic E-state index is 12.7. The lowest BCUT2D eigenvalue weighted by molar-refractivity contribution is -0.889. The largest absolute Gasteiger partial charge is 0.544 e. The van der Waals surface area contributed by atoms with Crippen LogP contribution in [0.15, 0.2) is 85.1 Å². The molecule has 0 heterocycles. The predicted molar refractivity (Wildman–Crippen MR) is 231 cm³/mol. The van der Waals surface area contributed by atoms with Crippen LogP contribution in [0, 0.1) is 0 Å². The normalized spacial score (nSPS) is 13.8. The smallest absolute Gasteiger partial charge is 0.306 e. The molecule has 0 aromatic carbocycles. The molecule has 0 saturated carbocycles. The van der Waals surface area contributed by atoms with E-state index in [1.165, 1.54) is 38.5 Å². The summed E-state index contributed by atoms with van der Waals surface area (Å²) in [5.74, 6) is -1.88. The molecule has 318 valence electrons. The van der Waals surface area contributed by atoms with Crippen LogP contribution in [0.25, 0.3) is 0 Å². The van der Waals surface area contributed by atoms with Crippen LogP contribution >= 0.6 is 0 Å². The number of esters is 2. The van der Waals surface area contributed by atoms with Crippen LogP contribution in [-0.2, 0) is 28.6 Å². The first-order valence-electron chi connectivity index (χ1n) is 21.6. The molecule has 0 amide bonds. The first-order chi connectivity index (χ1) is 27.1. The van der Waals surface area contributed by atoms with Gasteiger partial charge in [0.25, 0.3) is 0 Å². The molecular formula is C48H79NO7. The number of likely N-dealkylation sites (N-methyl/N-ethyl adjacent to an activating group) is 1. The number of carbonyl (C=O) groups excluding carboxylic acids is 3. The molecule has 0 rings (SSSR count). The number of rotatable bonds is 37. The Morgan fingerprint density at radius 1 is 0.554 bits per heavy atom. The number of hydrogen-bond donors (Lipinski definition) is 0. The van der Waals surface area contributed by atoms with E-state index in [1.807, 2.05) is 6.08 Å². The van der Waals surface area contributed by atoms with Gasteiger partial charge in [0.2, 0.25) is 0 Å². The molecule has 0 N–H and O–H groups in total. The lowest BCUT2D eigenvalue weighted by Gasteiger charge is -2.34. The Labute approximate surface area is 342 Å². The summed E-state index contributed by atoms with van der Waals surface area (Å²) in [6, 6.07) is -0.744. The quantitative estimate of drug-likeness (QED) is 0.0268. The average molecular weight is 782 g/mol. The van der Waals surface area contributed by atoms with E-state index in [0.717, 1.165) is 70.6 Å². The van der Waals surface area contributed by atoms with Crippen molar-refractivity contribution < 1.29 is 38.2 Å². The number of allylic oxidation sites excluding steroid dienone is 14. The molecule has 8 nitrogen and oxygen atoms in total. The van der Waals surface area contributed by atoms with E-state index in [0.29, 0.717) is 12.8 Å². The zero-order valence-corrected chi connectivity index (χ0v) is 36.0. The van der Waals surface area contributed by atoms with Gasteiger partial charge >= 0.3 is 11.9 Å². The molecule has 0 fully saturated rings. The van der Waals surface area contributed by atoms with E-state index >= 15 is 0 Å². The first kappa shape index (κ1) is 52.5. The standard InChI is InChI=1S/C48H79NO7/c1-6-8-10-12-14-16-18-20-21-22-23-24-25-27-28-30-32-34-36-38-46(50)55-43-44(42-54-41-40-45(48(52)53)49(3,4)5)56-47(51)39-37-35-33-31-29-26-19-17-15-13-11-9-7-2/h8,10,14,16,20-21,23-24,26-29,33,35,44-45H,6-7,9,11-13,15,17-19,22,25,30-32,34,36-43H2,1-5H3/b10-8+,16-14+,21-20+,24-23+,28-27+,29-26+,35-33+. The molecule has 2 unspecified atom stereocenters. The van der Waals surface area contributed by atoms with E-state index in [2.05, 4.69) is 92.8 Å². The minimum Gasteiger partial charge on any atom is -0.544 e. The van der Waals surface area contributed by atoms with Gasteiger partial charge in [-0.1, -0.05) is 137 Å². The van der Waals surface area contributed by atoms with Gasteiger partial charge in [0.15, 0.2) is 6.10 Å². The Morgan fingerprint density at radius 2 is 1.04 bits per heavy atom. The summed E-state index contributed by atoms with van der Waals surface area (Å²) in [5, 5.41) is 11.6. The molecule has 0 radical (unpaired) electrons. The fourth-order valence-electron chi connectivity index (χ4n) is 5.68. The maximum Gasteiger partial charge on any atom is 0.306 e. The average Bonchev–Trinajstić information content (AvgIpc) is 3.15. The van der Waals surface area contributed by atoms with Crippen molar-refractivity contribution in [1.29, 1.82) is 0 Å². The SMILES string of the molecule is CC/C=C/C/C=C/C/C=C/C/C=C/C/C=C/CCCCCC(=O)OCC(COCCC(C(=O)[O-])[N+](C)(C)C)OC(=O)CC/C=C/C/C=C/CCCCCCCC. The Hall–Kier alpha value is -3.49. The lowest BCUT2D eigenvalue weighted by atomic mass is 10.1. The summed E-state index contributed by atoms with van der Waals surface area (Å²) in [6.45, 7) is 4.42. The highest BCUT2D eigenvalue weighted by Gasteiger charge is 2.25. The number of aliphatic carboxylic acids is 1. The fraction of sp³-hybridized carbons (Fsp3) is 0.646. The molecule has 0 aromatic rings. The Kier molecular flexibility index (Phi) is 36.0. The van der Waals surface area contributed by atoms with Gasteiger partial charge in [0, 0.05) is 19.3 Å². The summed E-state index contributed by atoms with van der Waals surface area (Å²) in [6.07, 6.45) is 49.1. The number of quaternary nitrogens is 1. The summed E-state index contributed by atoms with van der Waals surface area (Å²) < 4.78 is 17.0. The van der Waals surface area contributed by atoms with Crippen LogP contribution < -0.4 is 5.11 Å². The second-order valence-corrected chi connectivity index (χ2v) is 15.2. The molecule has 8 heteroatoms. The van der Waals surface area contributed by atoms with Crippen LogP contribution in [0.5, 0.6) is 0 Å². The molecule has 0 aliphatic carbocycles. The first-order valence-corrected chi connectivity index (χ1v) is 21.6. The number of ether oxygens (including phenoxy) is 3. The van der Waals surface area contributed by atoms with Gasteiger partial charge in [-0.2, -0.15) is 0 Å².